The Balaban J connectivity index is 2.55. The van der Waals surface area contributed by atoms with E-state index in [4.69, 9.17) is 4.74 Å². The zero-order valence-corrected chi connectivity index (χ0v) is 9.68. The van der Waals surface area contributed by atoms with Crippen LogP contribution in [0.2, 0.25) is 0 Å². The van der Waals surface area contributed by atoms with Gasteiger partial charge in [0.05, 0.1) is 0 Å². The third-order valence-electron chi connectivity index (χ3n) is 1.97. The van der Waals surface area contributed by atoms with Gasteiger partial charge >= 0.3 is 6.18 Å². The standard InChI is InChI=1S/C11H13F4NO2/c1-16-5-8-3-2-4-9(12)10(8)18-7-17-6-11(13,14)15/h2-4,16H,5-7H2,1H3. The molecule has 0 bridgehead atoms. The Kier molecular flexibility index (Phi) is 5.36. The van der Waals surface area contributed by atoms with Crippen LogP contribution in [0.1, 0.15) is 5.56 Å². The van der Waals surface area contributed by atoms with E-state index >= 15 is 0 Å². The average Bonchev–Trinajstić information content (AvgIpc) is 2.26. The lowest BCUT2D eigenvalue weighted by atomic mass is 10.2. The molecule has 7 heteroatoms. The molecule has 0 heterocycles. The van der Waals surface area contributed by atoms with Gasteiger partial charge in [0, 0.05) is 12.1 Å². The molecule has 1 aromatic rings. The van der Waals surface area contributed by atoms with Crippen LogP contribution in [-0.2, 0) is 11.3 Å². The van der Waals surface area contributed by atoms with Gasteiger partial charge in [0.1, 0.15) is 6.61 Å². The van der Waals surface area contributed by atoms with E-state index in [-0.39, 0.29) is 5.75 Å². The Morgan fingerprint density at radius 3 is 2.61 bits per heavy atom. The van der Waals surface area contributed by atoms with Gasteiger partial charge in [-0.05, 0) is 13.1 Å². The molecule has 0 saturated carbocycles. The number of nitrogens with one attached hydrogen (secondary N) is 1. The van der Waals surface area contributed by atoms with Gasteiger partial charge in [0.25, 0.3) is 0 Å². The van der Waals surface area contributed by atoms with E-state index in [0.717, 1.165) is 6.07 Å². The summed E-state index contributed by atoms with van der Waals surface area (Å²) in [4.78, 5) is 0. The van der Waals surface area contributed by atoms with Crippen molar-refractivity contribution in [2.75, 3.05) is 20.4 Å². The molecule has 1 rings (SSSR count). The van der Waals surface area contributed by atoms with Crippen LogP contribution in [0, 0.1) is 5.82 Å². The van der Waals surface area contributed by atoms with E-state index in [1.54, 1.807) is 13.1 Å². The van der Waals surface area contributed by atoms with Gasteiger partial charge in [0.2, 0.25) is 0 Å². The lowest BCUT2D eigenvalue weighted by molar-refractivity contribution is -0.187. The van der Waals surface area contributed by atoms with Crippen LogP contribution in [0.15, 0.2) is 18.2 Å². The molecule has 0 aliphatic rings. The topological polar surface area (TPSA) is 30.5 Å². The molecule has 0 fully saturated rings. The molecule has 0 radical (unpaired) electrons. The van der Waals surface area contributed by atoms with Gasteiger partial charge in [-0.25, -0.2) is 4.39 Å². The molecule has 0 spiro atoms. The Bertz CT molecular complexity index is 382. The van der Waals surface area contributed by atoms with Gasteiger partial charge < -0.3 is 14.8 Å². The molecule has 0 aliphatic heterocycles. The van der Waals surface area contributed by atoms with Crippen LogP contribution in [0.4, 0.5) is 17.6 Å². The quantitative estimate of drug-likeness (QED) is 0.488. The van der Waals surface area contributed by atoms with Gasteiger partial charge in [-0.2, -0.15) is 13.2 Å². The van der Waals surface area contributed by atoms with Crippen molar-refractivity contribution in [1.82, 2.24) is 5.32 Å². The smallest absolute Gasteiger partial charge is 0.411 e. The van der Waals surface area contributed by atoms with Crippen molar-refractivity contribution in [2.45, 2.75) is 12.7 Å². The van der Waals surface area contributed by atoms with Crippen molar-refractivity contribution in [3.05, 3.63) is 29.6 Å². The van der Waals surface area contributed by atoms with Crippen LogP contribution in [0.25, 0.3) is 0 Å². The largest absolute Gasteiger partial charge is 0.464 e. The minimum Gasteiger partial charge on any atom is -0.464 e. The van der Waals surface area contributed by atoms with Crippen molar-refractivity contribution in [1.29, 1.82) is 0 Å². The first-order valence-corrected chi connectivity index (χ1v) is 5.13. The number of hydrogen-bond acceptors (Lipinski definition) is 3. The molecular weight excluding hydrogens is 254 g/mol. The average molecular weight is 267 g/mol. The lowest BCUT2D eigenvalue weighted by Crippen LogP contribution is -2.19. The molecule has 0 aliphatic carbocycles. The number of rotatable bonds is 6. The predicted octanol–water partition coefficient (Wildman–Crippen LogP) is 2.46. The van der Waals surface area contributed by atoms with Crippen LogP contribution in [0.5, 0.6) is 5.75 Å². The van der Waals surface area contributed by atoms with Crippen LogP contribution >= 0.6 is 0 Å². The summed E-state index contributed by atoms with van der Waals surface area (Å²) in [7, 11) is 1.66. The number of ether oxygens (including phenoxy) is 2. The third-order valence-corrected chi connectivity index (χ3v) is 1.97. The second kappa shape index (κ2) is 6.55. The van der Waals surface area contributed by atoms with Crippen LogP contribution < -0.4 is 10.1 Å². The highest BCUT2D eigenvalue weighted by atomic mass is 19.4. The second-order valence-corrected chi connectivity index (χ2v) is 3.48. The van der Waals surface area contributed by atoms with E-state index < -0.39 is 25.4 Å². The Morgan fingerprint density at radius 2 is 2.00 bits per heavy atom. The monoisotopic (exact) mass is 267 g/mol. The maximum absolute atomic E-state index is 13.4. The SMILES string of the molecule is CNCc1cccc(F)c1OCOCC(F)(F)F. The summed E-state index contributed by atoms with van der Waals surface area (Å²) >= 11 is 0. The third kappa shape index (κ3) is 4.89. The number of benzene rings is 1. The minimum absolute atomic E-state index is 0.103. The molecule has 1 N–H and O–H groups in total. The molecular formula is C11H13F4NO2. The fraction of sp³-hybridized carbons (Fsp3) is 0.455. The highest BCUT2D eigenvalue weighted by molar-refractivity contribution is 5.34. The molecule has 3 nitrogen and oxygen atoms in total. The minimum atomic E-state index is -4.42. The molecule has 18 heavy (non-hydrogen) atoms. The summed E-state index contributed by atoms with van der Waals surface area (Å²) in [6.07, 6.45) is -4.42. The fourth-order valence-corrected chi connectivity index (χ4v) is 1.30. The van der Waals surface area contributed by atoms with Gasteiger partial charge in [0.15, 0.2) is 18.4 Å². The maximum atomic E-state index is 13.4. The number of hydrogen-bond donors (Lipinski definition) is 1. The van der Waals surface area contributed by atoms with Crippen LogP contribution in [-0.4, -0.2) is 26.6 Å². The van der Waals surface area contributed by atoms with Crippen molar-refractivity contribution in [3.8, 4) is 5.75 Å². The molecule has 0 aromatic heterocycles. The Morgan fingerprint density at radius 1 is 1.28 bits per heavy atom. The summed E-state index contributed by atoms with van der Waals surface area (Å²) in [5, 5.41) is 2.80. The normalized spacial score (nSPS) is 11.6. The van der Waals surface area contributed by atoms with E-state index in [9.17, 15) is 17.6 Å². The van der Waals surface area contributed by atoms with Crippen LogP contribution in [0.3, 0.4) is 0 Å². The summed E-state index contributed by atoms with van der Waals surface area (Å²) in [5.41, 5.74) is 0.508. The molecule has 1 aromatic carbocycles. The van der Waals surface area contributed by atoms with Gasteiger partial charge in [-0.15, -0.1) is 0 Å². The van der Waals surface area contributed by atoms with Gasteiger partial charge in [-0.3, -0.25) is 0 Å². The summed E-state index contributed by atoms with van der Waals surface area (Å²) < 4.78 is 57.9. The summed E-state index contributed by atoms with van der Waals surface area (Å²) in [6.45, 7) is -1.74. The van der Waals surface area contributed by atoms with E-state index in [2.05, 4.69) is 10.1 Å². The predicted molar refractivity (Wildman–Crippen MR) is 56.7 cm³/mol. The second-order valence-electron chi connectivity index (χ2n) is 3.48. The van der Waals surface area contributed by atoms with E-state index in [1.165, 1.54) is 6.07 Å². The van der Waals surface area contributed by atoms with Crippen molar-refractivity contribution < 1.29 is 27.0 Å². The molecule has 102 valence electrons. The molecule has 0 unspecified atom stereocenters. The summed E-state index contributed by atoms with van der Waals surface area (Å²) in [6, 6.07) is 4.27. The number of para-hydroxylation sites is 1. The zero-order valence-electron chi connectivity index (χ0n) is 9.68. The molecule has 0 atom stereocenters. The highest BCUT2D eigenvalue weighted by Crippen LogP contribution is 2.23. The van der Waals surface area contributed by atoms with E-state index in [1.807, 2.05) is 0 Å². The lowest BCUT2D eigenvalue weighted by Gasteiger charge is -2.13. The highest BCUT2D eigenvalue weighted by Gasteiger charge is 2.27. The van der Waals surface area contributed by atoms with Gasteiger partial charge in [-0.1, -0.05) is 12.1 Å². The van der Waals surface area contributed by atoms with Crippen molar-refractivity contribution in [3.63, 3.8) is 0 Å². The first-order chi connectivity index (χ1) is 8.44. The number of halogens is 4. The summed E-state index contributed by atoms with van der Waals surface area (Å²) in [5.74, 6) is -0.743. The Labute approximate surface area is 102 Å². The Hall–Kier alpha value is -1.34. The van der Waals surface area contributed by atoms with Crippen molar-refractivity contribution in [2.24, 2.45) is 0 Å². The molecule has 0 amide bonds. The first kappa shape index (κ1) is 14.7. The van der Waals surface area contributed by atoms with E-state index in [0.29, 0.717) is 12.1 Å². The van der Waals surface area contributed by atoms with Crippen molar-refractivity contribution >= 4 is 0 Å². The fourth-order valence-electron chi connectivity index (χ4n) is 1.30. The first-order valence-electron chi connectivity index (χ1n) is 5.13. The molecule has 0 saturated heterocycles. The number of alkyl halides is 3. The maximum Gasteiger partial charge on any atom is 0.411 e. The zero-order chi connectivity index (χ0) is 13.6.